The number of unbranched alkanes of at least 4 members (excludes halogenated alkanes) is 2. The molecule has 0 spiro atoms. The van der Waals surface area contributed by atoms with Crippen molar-refractivity contribution in [2.24, 2.45) is 5.92 Å². The Balaban J connectivity index is 1.81. The molecule has 0 aromatic rings. The monoisotopic (exact) mass is 197 g/mol. The molecule has 1 rings (SSSR count). The van der Waals surface area contributed by atoms with E-state index in [4.69, 9.17) is 6.42 Å². The third-order valence-corrected chi connectivity index (χ3v) is 3.66. The highest BCUT2D eigenvalue weighted by molar-refractivity contribution is 7.99. The molecule has 74 valence electrons. The molecule has 1 fully saturated rings. The van der Waals surface area contributed by atoms with Crippen molar-refractivity contribution in [1.82, 2.24) is 5.32 Å². The van der Waals surface area contributed by atoms with Crippen LogP contribution in [-0.4, -0.2) is 24.6 Å². The number of rotatable bonds is 6. The minimum atomic E-state index is 0.928. The van der Waals surface area contributed by atoms with Gasteiger partial charge in [0.05, 0.1) is 0 Å². The molecule has 1 N–H and O–H groups in total. The zero-order valence-corrected chi connectivity index (χ0v) is 9.04. The Morgan fingerprint density at radius 2 is 2.38 bits per heavy atom. The van der Waals surface area contributed by atoms with E-state index in [1.807, 2.05) is 0 Å². The van der Waals surface area contributed by atoms with Crippen LogP contribution >= 0.6 is 11.8 Å². The minimum Gasteiger partial charge on any atom is -0.316 e. The Hall–Kier alpha value is -0.130. The first-order valence-corrected chi connectivity index (χ1v) is 6.31. The molecule has 0 aromatic heterocycles. The van der Waals surface area contributed by atoms with Crippen LogP contribution in [0.25, 0.3) is 0 Å². The number of terminal acetylenes is 1. The fourth-order valence-corrected chi connectivity index (χ4v) is 2.73. The minimum absolute atomic E-state index is 0.928. The molecule has 0 radical (unpaired) electrons. The van der Waals surface area contributed by atoms with Crippen LogP contribution in [0.5, 0.6) is 0 Å². The molecule has 0 amide bonds. The van der Waals surface area contributed by atoms with Gasteiger partial charge in [0.2, 0.25) is 0 Å². The lowest BCUT2D eigenvalue weighted by molar-refractivity contribution is 0.662. The first-order valence-electron chi connectivity index (χ1n) is 5.15. The van der Waals surface area contributed by atoms with Crippen molar-refractivity contribution in [2.45, 2.75) is 25.7 Å². The molecule has 0 aromatic carbocycles. The summed E-state index contributed by atoms with van der Waals surface area (Å²) < 4.78 is 0. The van der Waals surface area contributed by atoms with E-state index in [2.05, 4.69) is 23.0 Å². The number of thioether (sulfide) groups is 1. The van der Waals surface area contributed by atoms with E-state index in [0.717, 1.165) is 12.3 Å². The highest BCUT2D eigenvalue weighted by Gasteiger charge is 2.13. The van der Waals surface area contributed by atoms with E-state index in [0.29, 0.717) is 0 Å². The molecule has 1 aliphatic heterocycles. The SMILES string of the molecule is C#CCCCCSCC1CCNC1. The molecular formula is C11H19NS. The van der Waals surface area contributed by atoms with Gasteiger partial charge in [0.1, 0.15) is 0 Å². The Labute approximate surface area is 86.1 Å². The van der Waals surface area contributed by atoms with Crippen molar-refractivity contribution in [1.29, 1.82) is 0 Å². The van der Waals surface area contributed by atoms with Gasteiger partial charge >= 0.3 is 0 Å². The predicted molar refractivity (Wildman–Crippen MR) is 61.0 cm³/mol. The van der Waals surface area contributed by atoms with Crippen LogP contribution in [0.1, 0.15) is 25.7 Å². The van der Waals surface area contributed by atoms with Gasteiger partial charge in [0.15, 0.2) is 0 Å². The van der Waals surface area contributed by atoms with Crippen LogP contribution in [0.4, 0.5) is 0 Å². The maximum atomic E-state index is 5.18. The van der Waals surface area contributed by atoms with Crippen LogP contribution in [0.2, 0.25) is 0 Å². The van der Waals surface area contributed by atoms with Crippen molar-refractivity contribution in [2.75, 3.05) is 24.6 Å². The van der Waals surface area contributed by atoms with E-state index in [-0.39, 0.29) is 0 Å². The van der Waals surface area contributed by atoms with Crippen molar-refractivity contribution in [3.05, 3.63) is 0 Å². The Bertz CT molecular complexity index is 156. The van der Waals surface area contributed by atoms with Gasteiger partial charge in [-0.1, -0.05) is 0 Å². The predicted octanol–water partition coefficient (Wildman–Crippen LogP) is 2.13. The van der Waals surface area contributed by atoms with Gasteiger partial charge in [-0.05, 0) is 49.8 Å². The first kappa shape index (κ1) is 10.9. The molecule has 1 nitrogen and oxygen atoms in total. The largest absolute Gasteiger partial charge is 0.316 e. The molecule has 13 heavy (non-hydrogen) atoms. The molecule has 2 heteroatoms. The summed E-state index contributed by atoms with van der Waals surface area (Å²) in [6.07, 6.45) is 9.99. The first-order chi connectivity index (χ1) is 6.43. The topological polar surface area (TPSA) is 12.0 Å². The maximum absolute atomic E-state index is 5.18. The van der Waals surface area contributed by atoms with Gasteiger partial charge in [0, 0.05) is 6.42 Å². The molecule has 1 aliphatic rings. The summed E-state index contributed by atoms with van der Waals surface area (Å²) in [5.74, 6) is 6.24. The lowest BCUT2D eigenvalue weighted by atomic mass is 10.2. The summed E-state index contributed by atoms with van der Waals surface area (Å²) >= 11 is 2.09. The average molecular weight is 197 g/mol. The standard InChI is InChI=1S/C11H19NS/c1-2-3-4-5-8-13-10-11-6-7-12-9-11/h1,11-12H,3-10H2. The Morgan fingerprint density at radius 3 is 3.08 bits per heavy atom. The van der Waals surface area contributed by atoms with Crippen molar-refractivity contribution >= 4 is 11.8 Å². The maximum Gasteiger partial charge on any atom is 0.00863 e. The molecule has 1 saturated heterocycles. The third kappa shape index (κ3) is 5.23. The van der Waals surface area contributed by atoms with Crippen molar-refractivity contribution < 1.29 is 0 Å². The van der Waals surface area contributed by atoms with Gasteiger partial charge in [-0.25, -0.2) is 0 Å². The van der Waals surface area contributed by atoms with Crippen molar-refractivity contribution in [3.8, 4) is 12.3 Å². The summed E-state index contributed by atoms with van der Waals surface area (Å²) in [6.45, 7) is 2.46. The molecule has 0 saturated carbocycles. The van der Waals surface area contributed by atoms with E-state index in [9.17, 15) is 0 Å². The van der Waals surface area contributed by atoms with E-state index < -0.39 is 0 Å². The van der Waals surface area contributed by atoms with Gasteiger partial charge in [-0.15, -0.1) is 12.3 Å². The Morgan fingerprint density at radius 1 is 1.46 bits per heavy atom. The summed E-state index contributed by atoms with van der Waals surface area (Å²) in [5, 5.41) is 3.39. The van der Waals surface area contributed by atoms with Crippen LogP contribution < -0.4 is 5.32 Å². The van der Waals surface area contributed by atoms with E-state index in [1.165, 1.54) is 43.9 Å². The number of nitrogens with one attached hydrogen (secondary N) is 1. The summed E-state index contributed by atoms with van der Waals surface area (Å²) in [7, 11) is 0. The van der Waals surface area contributed by atoms with E-state index >= 15 is 0 Å². The second kappa shape index (κ2) is 7.29. The Kier molecular flexibility index (Phi) is 6.14. The van der Waals surface area contributed by atoms with Crippen LogP contribution in [0, 0.1) is 18.3 Å². The number of hydrogen-bond donors (Lipinski definition) is 1. The quantitative estimate of drug-likeness (QED) is 0.517. The normalized spacial score (nSPS) is 21.6. The molecule has 0 bridgehead atoms. The summed E-state index contributed by atoms with van der Waals surface area (Å²) in [4.78, 5) is 0. The smallest absolute Gasteiger partial charge is 0.00863 e. The van der Waals surface area contributed by atoms with Gasteiger partial charge < -0.3 is 5.32 Å². The third-order valence-electron chi connectivity index (χ3n) is 2.38. The van der Waals surface area contributed by atoms with Gasteiger partial charge in [0.25, 0.3) is 0 Å². The van der Waals surface area contributed by atoms with Crippen LogP contribution in [0.15, 0.2) is 0 Å². The number of hydrogen-bond acceptors (Lipinski definition) is 2. The second-order valence-electron chi connectivity index (χ2n) is 3.59. The highest BCUT2D eigenvalue weighted by atomic mass is 32.2. The summed E-state index contributed by atoms with van der Waals surface area (Å²) in [5.41, 5.74) is 0. The zero-order valence-electron chi connectivity index (χ0n) is 8.22. The van der Waals surface area contributed by atoms with E-state index in [1.54, 1.807) is 0 Å². The second-order valence-corrected chi connectivity index (χ2v) is 4.74. The fraction of sp³-hybridized carbons (Fsp3) is 0.818. The molecule has 1 heterocycles. The van der Waals surface area contributed by atoms with Gasteiger partial charge in [-0.2, -0.15) is 11.8 Å². The van der Waals surface area contributed by atoms with Crippen LogP contribution in [-0.2, 0) is 0 Å². The molecular weight excluding hydrogens is 178 g/mol. The zero-order chi connectivity index (χ0) is 9.36. The lowest BCUT2D eigenvalue weighted by Gasteiger charge is -2.06. The lowest BCUT2D eigenvalue weighted by Crippen LogP contribution is -2.10. The summed E-state index contributed by atoms with van der Waals surface area (Å²) in [6, 6.07) is 0. The molecule has 0 aliphatic carbocycles. The fourth-order valence-electron chi connectivity index (χ4n) is 1.54. The van der Waals surface area contributed by atoms with Crippen LogP contribution in [0.3, 0.4) is 0 Å². The van der Waals surface area contributed by atoms with Crippen molar-refractivity contribution in [3.63, 3.8) is 0 Å². The highest BCUT2D eigenvalue weighted by Crippen LogP contribution is 2.16. The average Bonchev–Trinajstić information content (AvgIpc) is 2.63. The molecule has 1 unspecified atom stereocenters. The molecule has 1 atom stereocenters. The van der Waals surface area contributed by atoms with Gasteiger partial charge in [-0.3, -0.25) is 0 Å².